The van der Waals surface area contributed by atoms with Crippen LogP contribution >= 0.6 is 0 Å². The van der Waals surface area contributed by atoms with Crippen LogP contribution in [-0.2, 0) is 9.63 Å². The van der Waals surface area contributed by atoms with Crippen LogP contribution in [0.4, 0.5) is 0 Å². The fourth-order valence-electron chi connectivity index (χ4n) is 1.43. The number of hydrogen-bond donors (Lipinski definition) is 0. The van der Waals surface area contributed by atoms with Gasteiger partial charge in [-0.05, 0) is 12.8 Å². The molecule has 0 heterocycles. The van der Waals surface area contributed by atoms with E-state index in [4.69, 9.17) is 4.84 Å². The maximum Gasteiger partial charge on any atom is 0.248 e. The molecule has 0 saturated heterocycles. The van der Waals surface area contributed by atoms with E-state index >= 15 is 0 Å². The van der Waals surface area contributed by atoms with Gasteiger partial charge >= 0.3 is 0 Å². The first kappa shape index (κ1) is 24.7. The first-order valence-electron chi connectivity index (χ1n) is 7.65. The van der Waals surface area contributed by atoms with E-state index in [2.05, 4.69) is 13.2 Å². The van der Waals surface area contributed by atoms with E-state index in [1.807, 2.05) is 47.1 Å². The molecule has 0 unspecified atom stereocenters. The Bertz CT molecular complexity index is 296. The van der Waals surface area contributed by atoms with Crippen LogP contribution in [0.5, 0.6) is 0 Å². The Morgan fingerprint density at radius 2 is 1.71 bits per heavy atom. The van der Waals surface area contributed by atoms with Crippen molar-refractivity contribution < 1.29 is 9.63 Å². The number of carbonyl (C=O) groups is 1. The zero-order valence-electron chi connectivity index (χ0n) is 15.0. The lowest BCUT2D eigenvalue weighted by atomic mass is 9.98. The molecule has 0 aliphatic rings. The fourth-order valence-corrected chi connectivity index (χ4v) is 1.43. The van der Waals surface area contributed by atoms with Crippen LogP contribution in [-0.4, -0.2) is 25.1 Å². The van der Waals surface area contributed by atoms with Gasteiger partial charge in [-0.25, -0.2) is 5.06 Å². The maximum absolute atomic E-state index is 11.7. The lowest BCUT2D eigenvalue weighted by Crippen LogP contribution is -2.30. The summed E-state index contributed by atoms with van der Waals surface area (Å²) in [6.45, 7) is 17.2. The standard InChI is InChI=1S/C14H22NO2.2C2H6/c1-6-8-13(9-7-2)11-10-12(3)14(16)15(4)17-5;2*1-2/h6-9,12H,1-2,10-11H2,3-5H3;2*1-2H3/b13-8+;;/t12-;;/m0../s1. The Labute approximate surface area is 132 Å². The van der Waals surface area contributed by atoms with E-state index in [1.165, 1.54) is 12.2 Å². The van der Waals surface area contributed by atoms with Crippen molar-refractivity contribution in [1.29, 1.82) is 0 Å². The minimum Gasteiger partial charge on any atom is -0.275 e. The first-order chi connectivity index (χ1) is 10.1. The highest BCUT2D eigenvalue weighted by Gasteiger charge is 2.17. The largest absolute Gasteiger partial charge is 0.275 e. The zero-order valence-corrected chi connectivity index (χ0v) is 15.0. The molecule has 1 amide bonds. The van der Waals surface area contributed by atoms with Gasteiger partial charge in [0.05, 0.1) is 7.11 Å². The molecule has 21 heavy (non-hydrogen) atoms. The van der Waals surface area contributed by atoms with Crippen LogP contribution in [0.15, 0.2) is 37.0 Å². The third-order valence-corrected chi connectivity index (χ3v) is 2.54. The highest BCUT2D eigenvalue weighted by molar-refractivity contribution is 5.77. The van der Waals surface area contributed by atoms with Gasteiger partial charge in [-0.1, -0.05) is 65.0 Å². The van der Waals surface area contributed by atoms with Crippen LogP contribution in [0, 0.1) is 12.3 Å². The third kappa shape index (κ3) is 13.4. The number of hydroxylamine groups is 2. The highest BCUT2D eigenvalue weighted by atomic mass is 16.7. The van der Waals surface area contributed by atoms with Gasteiger partial charge in [-0.3, -0.25) is 9.63 Å². The second kappa shape index (κ2) is 18.7. The monoisotopic (exact) mass is 296 g/mol. The summed E-state index contributed by atoms with van der Waals surface area (Å²) in [4.78, 5) is 16.6. The molecule has 0 N–H and O–H groups in total. The normalized spacial score (nSPS) is 11.1. The Balaban J connectivity index is -0.000000739. The van der Waals surface area contributed by atoms with Crippen molar-refractivity contribution >= 4 is 5.91 Å². The number of allylic oxidation sites excluding steroid dienone is 4. The molecule has 0 aromatic rings. The maximum atomic E-state index is 11.7. The Hall–Kier alpha value is -1.35. The molecule has 0 bridgehead atoms. The summed E-state index contributed by atoms with van der Waals surface area (Å²) < 4.78 is 0. The van der Waals surface area contributed by atoms with Crippen LogP contribution in [0.2, 0.25) is 0 Å². The van der Waals surface area contributed by atoms with E-state index in [0.717, 1.165) is 18.4 Å². The van der Waals surface area contributed by atoms with E-state index in [9.17, 15) is 4.79 Å². The second-order valence-corrected chi connectivity index (χ2v) is 3.84. The lowest BCUT2D eigenvalue weighted by Gasteiger charge is -2.18. The van der Waals surface area contributed by atoms with Crippen molar-refractivity contribution in [3.8, 4) is 0 Å². The minimum atomic E-state index is -0.0635. The van der Waals surface area contributed by atoms with E-state index in [0.29, 0.717) is 0 Å². The smallest absolute Gasteiger partial charge is 0.248 e. The summed E-state index contributed by atoms with van der Waals surface area (Å²) in [6, 6.07) is 0. The average Bonchev–Trinajstić information content (AvgIpc) is 2.55. The van der Waals surface area contributed by atoms with Crippen molar-refractivity contribution in [2.24, 2.45) is 5.92 Å². The Kier molecular flexibility index (Phi) is 21.9. The summed E-state index contributed by atoms with van der Waals surface area (Å²) in [6.07, 6.45) is 8.93. The molecule has 0 fully saturated rings. The summed E-state index contributed by atoms with van der Waals surface area (Å²) in [5.74, 6) is -0.0737. The van der Waals surface area contributed by atoms with Crippen LogP contribution in [0.3, 0.4) is 0 Å². The van der Waals surface area contributed by atoms with Gasteiger partial charge in [0.1, 0.15) is 0 Å². The molecule has 1 radical (unpaired) electrons. The highest BCUT2D eigenvalue weighted by Crippen LogP contribution is 2.16. The molecule has 0 aliphatic carbocycles. The third-order valence-electron chi connectivity index (χ3n) is 2.54. The topological polar surface area (TPSA) is 29.5 Å². The molecule has 0 aromatic carbocycles. The quantitative estimate of drug-likeness (QED) is 0.467. The summed E-state index contributed by atoms with van der Waals surface area (Å²) in [7, 11) is 3.11. The predicted molar refractivity (Wildman–Crippen MR) is 93.7 cm³/mol. The summed E-state index contributed by atoms with van der Waals surface area (Å²) in [5.41, 5.74) is 1.12. The first-order valence-corrected chi connectivity index (χ1v) is 7.65. The van der Waals surface area contributed by atoms with Gasteiger partial charge < -0.3 is 0 Å². The number of nitrogens with zero attached hydrogens (tertiary/aromatic N) is 1. The molecule has 3 nitrogen and oxygen atoms in total. The molecule has 0 rings (SSSR count). The lowest BCUT2D eigenvalue weighted by molar-refractivity contribution is -0.173. The summed E-state index contributed by atoms with van der Waals surface area (Å²) >= 11 is 0. The van der Waals surface area contributed by atoms with Gasteiger partial charge in [0.25, 0.3) is 0 Å². The number of rotatable bonds is 8. The van der Waals surface area contributed by atoms with Crippen molar-refractivity contribution in [3.63, 3.8) is 0 Å². The zero-order chi connectivity index (χ0) is 17.3. The SMILES string of the molecule is C=C[CH]/C(=C\C=C)CC[C@H](C)C(=O)N(C)OC.CC.CC. The van der Waals surface area contributed by atoms with E-state index in [1.54, 1.807) is 19.2 Å². The molecule has 1 atom stereocenters. The van der Waals surface area contributed by atoms with Crippen molar-refractivity contribution in [3.05, 3.63) is 43.4 Å². The Morgan fingerprint density at radius 3 is 2.10 bits per heavy atom. The number of amides is 1. The molecule has 123 valence electrons. The van der Waals surface area contributed by atoms with Crippen LogP contribution in [0.25, 0.3) is 0 Å². The number of carbonyl (C=O) groups excluding carboxylic acids is 1. The van der Waals surface area contributed by atoms with Gasteiger partial charge in [-0.2, -0.15) is 0 Å². The molecule has 0 spiro atoms. The van der Waals surface area contributed by atoms with Gasteiger partial charge in [-0.15, -0.1) is 6.58 Å². The predicted octanol–water partition coefficient (Wildman–Crippen LogP) is 4.98. The van der Waals surface area contributed by atoms with Crippen LogP contribution < -0.4 is 0 Å². The summed E-state index contributed by atoms with van der Waals surface area (Å²) in [5, 5.41) is 1.26. The van der Waals surface area contributed by atoms with Crippen LogP contribution in [0.1, 0.15) is 47.5 Å². The van der Waals surface area contributed by atoms with Gasteiger partial charge in [0.2, 0.25) is 5.91 Å². The van der Waals surface area contributed by atoms with E-state index < -0.39 is 0 Å². The van der Waals surface area contributed by atoms with E-state index in [-0.39, 0.29) is 11.8 Å². The van der Waals surface area contributed by atoms with Crippen molar-refractivity contribution in [1.82, 2.24) is 5.06 Å². The Morgan fingerprint density at radius 1 is 1.19 bits per heavy atom. The second-order valence-electron chi connectivity index (χ2n) is 3.84. The fraction of sp³-hybridized carbons (Fsp3) is 0.556. The molecular weight excluding hydrogens is 262 g/mol. The molecular formula is C18H34NO2. The molecule has 0 aliphatic heterocycles. The molecule has 3 heteroatoms. The molecule has 0 saturated carbocycles. The average molecular weight is 296 g/mol. The molecule has 0 aromatic heterocycles. The van der Waals surface area contributed by atoms with Crippen molar-refractivity contribution in [2.75, 3.05) is 14.2 Å². The van der Waals surface area contributed by atoms with Crippen molar-refractivity contribution in [2.45, 2.75) is 47.5 Å². The van der Waals surface area contributed by atoms with Gasteiger partial charge in [0, 0.05) is 19.4 Å². The number of hydrogen-bond acceptors (Lipinski definition) is 2. The van der Waals surface area contributed by atoms with Gasteiger partial charge in [0.15, 0.2) is 0 Å². The minimum absolute atomic E-state index is 0.0101.